The number of anilines is 2. The summed E-state index contributed by atoms with van der Waals surface area (Å²) in [5, 5.41) is 11.4. The topological polar surface area (TPSA) is 81.1 Å². The smallest absolute Gasteiger partial charge is 0.341 e. The normalized spacial score (nSPS) is 12.8. The van der Waals surface area contributed by atoms with Crippen LogP contribution in [0.15, 0.2) is 30.6 Å². The van der Waals surface area contributed by atoms with Gasteiger partial charge in [0.1, 0.15) is 17.1 Å². The van der Waals surface area contributed by atoms with Crippen LogP contribution < -0.4 is 10.6 Å². The van der Waals surface area contributed by atoms with Gasteiger partial charge in [-0.05, 0) is 68.1 Å². The maximum Gasteiger partial charge on any atom is 0.341 e. The lowest BCUT2D eigenvalue weighted by Crippen LogP contribution is -2.21. The van der Waals surface area contributed by atoms with E-state index in [1.54, 1.807) is 35.3 Å². The van der Waals surface area contributed by atoms with Crippen molar-refractivity contribution in [3.05, 3.63) is 58.0 Å². The van der Waals surface area contributed by atoms with Crippen LogP contribution in [0.25, 0.3) is 0 Å². The molecule has 0 unspecified atom stereocenters. The van der Waals surface area contributed by atoms with Crippen LogP contribution in [0.2, 0.25) is 0 Å². The number of rotatable bonds is 6. The Labute approximate surface area is 188 Å². The van der Waals surface area contributed by atoms with E-state index in [-0.39, 0.29) is 16.9 Å². The number of halogens is 1. The Kier molecular flexibility index (Phi) is 6.57. The van der Waals surface area contributed by atoms with Crippen molar-refractivity contribution in [2.75, 3.05) is 17.2 Å². The van der Waals surface area contributed by atoms with Crippen molar-refractivity contribution in [3.63, 3.8) is 0 Å². The maximum absolute atomic E-state index is 13.4. The molecule has 31 heavy (non-hydrogen) atoms. The molecule has 1 aromatic carbocycles. The number of carbonyl (C=O) groups excluding carboxylic acids is 1. The number of hydrogen-bond donors (Lipinski definition) is 2. The van der Waals surface area contributed by atoms with Gasteiger partial charge in [-0.3, -0.25) is 5.32 Å². The Bertz CT molecular complexity index is 1110. The van der Waals surface area contributed by atoms with E-state index in [1.165, 1.54) is 17.0 Å². The van der Waals surface area contributed by atoms with Crippen LogP contribution in [0.5, 0.6) is 0 Å². The van der Waals surface area contributed by atoms with Gasteiger partial charge in [-0.25, -0.2) is 18.9 Å². The Morgan fingerprint density at radius 2 is 2.16 bits per heavy atom. The molecule has 162 valence electrons. The highest BCUT2D eigenvalue weighted by Crippen LogP contribution is 2.38. The lowest BCUT2D eigenvalue weighted by Gasteiger charge is -2.12. The average Bonchev–Trinajstić information content (AvgIpc) is 3.31. The molecule has 10 heteroatoms. The van der Waals surface area contributed by atoms with Gasteiger partial charge < -0.3 is 10.1 Å². The van der Waals surface area contributed by atoms with E-state index < -0.39 is 0 Å². The predicted molar refractivity (Wildman–Crippen MR) is 122 cm³/mol. The van der Waals surface area contributed by atoms with E-state index in [4.69, 9.17) is 17.0 Å². The van der Waals surface area contributed by atoms with Gasteiger partial charge in [0.05, 0.1) is 18.7 Å². The number of fused-ring (bicyclic) bond motifs is 1. The number of thiocarbonyl (C=S) groups is 1. The fraction of sp³-hybridized carbons (Fsp3) is 0.333. The molecule has 4 rings (SSSR count). The Balaban J connectivity index is 1.45. The molecule has 0 bridgehead atoms. The quantitative estimate of drug-likeness (QED) is 0.418. The number of ether oxygens (including phenoxy) is 1. The molecule has 2 aromatic heterocycles. The largest absolute Gasteiger partial charge is 0.462 e. The fourth-order valence-corrected chi connectivity index (χ4v) is 5.10. The standard InChI is InChI=1S/C21H22FN5O2S2/c1-2-29-19(28)17-15-8-3-4-9-16(15)31-18(17)24-21(30)25-20-23-12-27(26-20)11-13-6-5-7-14(22)10-13/h5-7,10,12H,2-4,8-9,11H2,1H3,(H2,24,25,26,30). The lowest BCUT2D eigenvalue weighted by molar-refractivity contribution is 0.0526. The summed E-state index contributed by atoms with van der Waals surface area (Å²) in [4.78, 5) is 18.0. The van der Waals surface area contributed by atoms with Crippen LogP contribution in [-0.2, 0) is 24.1 Å². The zero-order valence-corrected chi connectivity index (χ0v) is 18.6. The van der Waals surface area contributed by atoms with Crippen molar-refractivity contribution in [2.24, 2.45) is 0 Å². The summed E-state index contributed by atoms with van der Waals surface area (Å²) in [7, 11) is 0. The number of nitrogens with one attached hydrogen (secondary N) is 2. The summed E-state index contributed by atoms with van der Waals surface area (Å²) >= 11 is 6.96. The summed E-state index contributed by atoms with van der Waals surface area (Å²) < 4.78 is 20.2. The highest BCUT2D eigenvalue weighted by Gasteiger charge is 2.26. The molecule has 1 aliphatic carbocycles. The first-order chi connectivity index (χ1) is 15.0. The minimum atomic E-state index is -0.329. The first-order valence-electron chi connectivity index (χ1n) is 10.1. The third-order valence-corrected chi connectivity index (χ3v) is 6.28. The first kappa shape index (κ1) is 21.4. The molecule has 0 atom stereocenters. The third kappa shape index (κ3) is 5.08. The second-order valence-electron chi connectivity index (χ2n) is 7.11. The molecule has 3 aromatic rings. The summed E-state index contributed by atoms with van der Waals surface area (Å²) in [5.74, 6) is -0.310. The van der Waals surface area contributed by atoms with E-state index in [0.717, 1.165) is 36.8 Å². The number of hydrogen-bond acceptors (Lipinski definition) is 6. The molecule has 0 saturated heterocycles. The highest BCUT2D eigenvalue weighted by molar-refractivity contribution is 7.80. The summed E-state index contributed by atoms with van der Waals surface area (Å²) in [5.41, 5.74) is 2.42. The molecule has 0 fully saturated rings. The number of nitrogens with zero attached hydrogens (tertiary/aromatic N) is 3. The average molecular weight is 460 g/mol. The van der Waals surface area contributed by atoms with Gasteiger partial charge in [0.2, 0.25) is 5.95 Å². The van der Waals surface area contributed by atoms with Crippen LogP contribution in [-0.4, -0.2) is 32.5 Å². The second-order valence-corrected chi connectivity index (χ2v) is 8.62. The third-order valence-electron chi connectivity index (χ3n) is 4.87. The number of thiophene rings is 1. The lowest BCUT2D eigenvalue weighted by atomic mass is 9.95. The zero-order valence-electron chi connectivity index (χ0n) is 17.0. The Hall–Kier alpha value is -2.85. The highest BCUT2D eigenvalue weighted by atomic mass is 32.1. The molecule has 1 aliphatic rings. The summed E-state index contributed by atoms with van der Waals surface area (Å²) in [6.07, 6.45) is 5.55. The first-order valence-corrected chi connectivity index (χ1v) is 11.3. The van der Waals surface area contributed by atoms with Gasteiger partial charge in [-0.15, -0.1) is 16.4 Å². The Morgan fingerprint density at radius 1 is 1.32 bits per heavy atom. The van der Waals surface area contributed by atoms with E-state index in [1.807, 2.05) is 6.07 Å². The van der Waals surface area contributed by atoms with E-state index >= 15 is 0 Å². The van der Waals surface area contributed by atoms with Crippen LogP contribution in [0.1, 0.15) is 46.1 Å². The summed E-state index contributed by atoms with van der Waals surface area (Å²) in [6, 6.07) is 6.33. The van der Waals surface area contributed by atoms with Crippen LogP contribution in [0, 0.1) is 5.82 Å². The van der Waals surface area contributed by atoms with Crippen molar-refractivity contribution in [2.45, 2.75) is 39.2 Å². The van der Waals surface area contributed by atoms with Gasteiger partial charge in [0, 0.05) is 4.88 Å². The number of aromatic nitrogens is 3. The van der Waals surface area contributed by atoms with Gasteiger partial charge in [-0.2, -0.15) is 0 Å². The molecule has 0 aliphatic heterocycles. The van der Waals surface area contributed by atoms with Crippen molar-refractivity contribution < 1.29 is 13.9 Å². The number of carbonyl (C=O) groups is 1. The molecule has 0 spiro atoms. The van der Waals surface area contributed by atoms with Crippen LogP contribution >= 0.6 is 23.6 Å². The molecular formula is C21H22FN5O2S2. The van der Waals surface area contributed by atoms with Gasteiger partial charge in [-0.1, -0.05) is 12.1 Å². The number of esters is 1. The van der Waals surface area contributed by atoms with E-state index in [9.17, 15) is 9.18 Å². The van der Waals surface area contributed by atoms with Crippen molar-refractivity contribution >= 4 is 45.6 Å². The number of benzene rings is 1. The molecule has 2 heterocycles. The predicted octanol–water partition coefficient (Wildman–Crippen LogP) is 4.39. The molecule has 7 nitrogen and oxygen atoms in total. The second kappa shape index (κ2) is 9.52. The van der Waals surface area contributed by atoms with Crippen LogP contribution in [0.3, 0.4) is 0 Å². The fourth-order valence-electron chi connectivity index (χ4n) is 3.56. The maximum atomic E-state index is 13.4. The zero-order chi connectivity index (χ0) is 21.8. The van der Waals surface area contributed by atoms with Crippen molar-refractivity contribution in [3.8, 4) is 0 Å². The Morgan fingerprint density at radius 3 is 2.97 bits per heavy atom. The van der Waals surface area contributed by atoms with Crippen LogP contribution in [0.4, 0.5) is 15.3 Å². The molecule has 0 saturated carbocycles. The minimum absolute atomic E-state index is 0.285. The van der Waals surface area contributed by atoms with Gasteiger partial charge >= 0.3 is 5.97 Å². The van der Waals surface area contributed by atoms with E-state index in [0.29, 0.717) is 29.7 Å². The summed E-state index contributed by atoms with van der Waals surface area (Å²) in [6.45, 7) is 2.50. The monoisotopic (exact) mass is 459 g/mol. The van der Waals surface area contributed by atoms with Gasteiger partial charge in [0.15, 0.2) is 5.11 Å². The van der Waals surface area contributed by atoms with Crippen molar-refractivity contribution in [1.82, 2.24) is 14.8 Å². The van der Waals surface area contributed by atoms with E-state index in [2.05, 4.69) is 20.7 Å². The molecule has 0 amide bonds. The van der Waals surface area contributed by atoms with Crippen molar-refractivity contribution in [1.29, 1.82) is 0 Å². The molecule has 2 N–H and O–H groups in total. The molecule has 0 radical (unpaired) electrons. The number of aryl methyl sites for hydroxylation is 1. The minimum Gasteiger partial charge on any atom is -0.462 e. The van der Waals surface area contributed by atoms with Gasteiger partial charge in [0.25, 0.3) is 0 Å². The SMILES string of the molecule is CCOC(=O)c1c(NC(=S)Nc2ncn(Cc3cccc(F)c3)n2)sc2c1CCCC2. The molecular weight excluding hydrogens is 437 g/mol.